The Balaban J connectivity index is 2.39. The Kier molecular flexibility index (Phi) is 4.33. The summed E-state index contributed by atoms with van der Waals surface area (Å²) in [5.41, 5.74) is 2.28. The van der Waals surface area contributed by atoms with E-state index in [0.717, 1.165) is 17.8 Å². The monoisotopic (exact) mass is 209 g/mol. The molecule has 0 aliphatic heterocycles. The van der Waals surface area contributed by atoms with Crippen LogP contribution in [0.5, 0.6) is 0 Å². The maximum absolute atomic E-state index is 4.24. The number of nitrogens with zero attached hydrogens (tertiary/aromatic N) is 1. The molecule has 0 saturated carbocycles. The summed E-state index contributed by atoms with van der Waals surface area (Å²) in [6, 6.07) is 3.14. The quantitative estimate of drug-likeness (QED) is 0.781. The van der Waals surface area contributed by atoms with Crippen LogP contribution in [0.1, 0.15) is 39.1 Å². The molecule has 0 aliphatic rings. The number of H-pyrrole nitrogens is 1. The van der Waals surface area contributed by atoms with Crippen molar-refractivity contribution in [2.24, 2.45) is 5.92 Å². The second-order valence-corrected chi connectivity index (χ2v) is 4.85. The molecular weight excluding hydrogens is 186 g/mol. The molecule has 2 N–H and O–H groups in total. The van der Waals surface area contributed by atoms with Gasteiger partial charge in [0, 0.05) is 24.2 Å². The van der Waals surface area contributed by atoms with Crippen LogP contribution in [0, 0.1) is 12.8 Å². The highest BCUT2D eigenvalue weighted by atomic mass is 15.1. The lowest BCUT2D eigenvalue weighted by Gasteiger charge is -2.22. The highest BCUT2D eigenvalue weighted by Crippen LogP contribution is 2.05. The van der Waals surface area contributed by atoms with Gasteiger partial charge < -0.3 is 5.32 Å². The van der Waals surface area contributed by atoms with E-state index in [4.69, 9.17) is 0 Å². The first kappa shape index (κ1) is 12.2. The third-order valence-corrected chi connectivity index (χ3v) is 2.82. The Hall–Kier alpha value is -0.830. The maximum atomic E-state index is 4.24. The number of aryl methyl sites for hydroxylation is 1. The number of rotatable bonds is 5. The van der Waals surface area contributed by atoms with E-state index >= 15 is 0 Å². The molecular formula is C12H23N3. The van der Waals surface area contributed by atoms with Gasteiger partial charge in [-0.2, -0.15) is 5.10 Å². The van der Waals surface area contributed by atoms with Crippen molar-refractivity contribution in [2.75, 3.05) is 0 Å². The Morgan fingerprint density at radius 2 is 2.00 bits per heavy atom. The van der Waals surface area contributed by atoms with Gasteiger partial charge in [0.15, 0.2) is 0 Å². The highest BCUT2D eigenvalue weighted by Gasteiger charge is 2.11. The third-order valence-electron chi connectivity index (χ3n) is 2.82. The van der Waals surface area contributed by atoms with E-state index in [1.807, 2.05) is 6.92 Å². The summed E-state index contributed by atoms with van der Waals surface area (Å²) < 4.78 is 0. The van der Waals surface area contributed by atoms with Gasteiger partial charge in [0.2, 0.25) is 0 Å². The van der Waals surface area contributed by atoms with Crippen LogP contribution in [-0.2, 0) is 6.42 Å². The fraction of sp³-hybridized carbons (Fsp3) is 0.750. The van der Waals surface area contributed by atoms with Crippen molar-refractivity contribution in [1.82, 2.24) is 15.5 Å². The van der Waals surface area contributed by atoms with E-state index in [1.165, 1.54) is 0 Å². The summed E-state index contributed by atoms with van der Waals surface area (Å²) in [4.78, 5) is 0. The van der Waals surface area contributed by atoms with Crippen molar-refractivity contribution >= 4 is 0 Å². The minimum atomic E-state index is 0.477. The molecule has 15 heavy (non-hydrogen) atoms. The lowest BCUT2D eigenvalue weighted by molar-refractivity contribution is 0.381. The molecule has 2 unspecified atom stereocenters. The molecule has 3 nitrogen and oxygen atoms in total. The highest BCUT2D eigenvalue weighted by molar-refractivity contribution is 5.07. The van der Waals surface area contributed by atoms with E-state index in [0.29, 0.717) is 18.0 Å². The van der Waals surface area contributed by atoms with Gasteiger partial charge in [-0.3, -0.25) is 5.10 Å². The lowest BCUT2D eigenvalue weighted by Crippen LogP contribution is -2.38. The fourth-order valence-corrected chi connectivity index (χ4v) is 1.59. The molecule has 1 aromatic rings. The summed E-state index contributed by atoms with van der Waals surface area (Å²) in [5, 5.41) is 10.8. The van der Waals surface area contributed by atoms with Crippen LogP contribution in [0.4, 0.5) is 0 Å². The van der Waals surface area contributed by atoms with Crippen molar-refractivity contribution in [3.63, 3.8) is 0 Å². The van der Waals surface area contributed by atoms with E-state index in [9.17, 15) is 0 Å². The molecule has 0 amide bonds. The Morgan fingerprint density at radius 3 is 2.47 bits per heavy atom. The summed E-state index contributed by atoms with van der Waals surface area (Å²) in [7, 11) is 0. The minimum Gasteiger partial charge on any atom is -0.311 e. The topological polar surface area (TPSA) is 40.7 Å². The van der Waals surface area contributed by atoms with Crippen LogP contribution in [0.25, 0.3) is 0 Å². The Morgan fingerprint density at radius 1 is 1.33 bits per heavy atom. The minimum absolute atomic E-state index is 0.477. The van der Waals surface area contributed by atoms with Crippen molar-refractivity contribution in [3.8, 4) is 0 Å². The van der Waals surface area contributed by atoms with Gasteiger partial charge in [-0.05, 0) is 32.8 Å². The predicted octanol–water partition coefficient (Wildman–Crippen LogP) is 2.28. The average molecular weight is 209 g/mol. The van der Waals surface area contributed by atoms with Crippen molar-refractivity contribution in [2.45, 2.75) is 53.1 Å². The number of aromatic amines is 1. The predicted molar refractivity (Wildman–Crippen MR) is 63.9 cm³/mol. The summed E-state index contributed by atoms with van der Waals surface area (Å²) in [5.74, 6) is 0.674. The SMILES string of the molecule is Cc1cc(CC(C)NC(C)C(C)C)n[nH]1. The van der Waals surface area contributed by atoms with Gasteiger partial charge >= 0.3 is 0 Å². The standard InChI is InChI=1S/C12H23N3/c1-8(2)11(5)13-9(3)6-12-7-10(4)14-15-12/h7-9,11,13H,6H2,1-5H3,(H,14,15). The first-order chi connectivity index (χ1) is 6.99. The van der Waals surface area contributed by atoms with Crippen molar-refractivity contribution in [1.29, 1.82) is 0 Å². The van der Waals surface area contributed by atoms with Crippen LogP contribution in [0.2, 0.25) is 0 Å². The first-order valence-corrected chi connectivity index (χ1v) is 5.76. The number of nitrogens with one attached hydrogen (secondary N) is 2. The van der Waals surface area contributed by atoms with Crippen LogP contribution >= 0.6 is 0 Å². The molecule has 0 radical (unpaired) electrons. The molecule has 1 aromatic heterocycles. The normalized spacial score (nSPS) is 15.6. The van der Waals surface area contributed by atoms with Gasteiger partial charge in [-0.1, -0.05) is 13.8 Å². The first-order valence-electron chi connectivity index (χ1n) is 5.76. The zero-order valence-electron chi connectivity index (χ0n) is 10.5. The molecule has 0 bridgehead atoms. The second kappa shape index (κ2) is 5.31. The van der Waals surface area contributed by atoms with Crippen LogP contribution in [0.3, 0.4) is 0 Å². The van der Waals surface area contributed by atoms with E-state index < -0.39 is 0 Å². The lowest BCUT2D eigenvalue weighted by atomic mass is 10.0. The Labute approximate surface area is 92.7 Å². The van der Waals surface area contributed by atoms with Gasteiger partial charge in [-0.25, -0.2) is 0 Å². The fourth-order valence-electron chi connectivity index (χ4n) is 1.59. The Bertz CT molecular complexity index is 291. The smallest absolute Gasteiger partial charge is 0.0640 e. The molecule has 86 valence electrons. The number of aromatic nitrogens is 2. The van der Waals surface area contributed by atoms with Gasteiger partial charge in [0.1, 0.15) is 0 Å². The average Bonchev–Trinajstić information content (AvgIpc) is 2.50. The summed E-state index contributed by atoms with van der Waals surface area (Å²) in [6.45, 7) is 11.0. The molecule has 1 rings (SSSR count). The van der Waals surface area contributed by atoms with Gasteiger partial charge in [0.25, 0.3) is 0 Å². The largest absolute Gasteiger partial charge is 0.311 e. The molecule has 0 aliphatic carbocycles. The van der Waals surface area contributed by atoms with Crippen molar-refractivity contribution in [3.05, 3.63) is 17.5 Å². The summed E-state index contributed by atoms with van der Waals surface area (Å²) >= 11 is 0. The molecule has 0 fully saturated rings. The maximum Gasteiger partial charge on any atom is 0.0640 e. The summed E-state index contributed by atoms with van der Waals surface area (Å²) in [6.07, 6.45) is 0.988. The van der Waals surface area contributed by atoms with Gasteiger partial charge in [0.05, 0.1) is 5.69 Å². The van der Waals surface area contributed by atoms with Gasteiger partial charge in [-0.15, -0.1) is 0 Å². The molecule has 3 heteroatoms. The molecule has 0 aromatic carbocycles. The van der Waals surface area contributed by atoms with Crippen LogP contribution in [-0.4, -0.2) is 22.3 Å². The van der Waals surface area contributed by atoms with E-state index in [-0.39, 0.29) is 0 Å². The number of hydrogen-bond acceptors (Lipinski definition) is 2. The van der Waals surface area contributed by atoms with Crippen LogP contribution in [0.15, 0.2) is 6.07 Å². The molecule has 2 atom stereocenters. The number of hydrogen-bond donors (Lipinski definition) is 2. The van der Waals surface area contributed by atoms with E-state index in [2.05, 4.69) is 49.3 Å². The molecule has 0 saturated heterocycles. The zero-order valence-corrected chi connectivity index (χ0v) is 10.5. The zero-order chi connectivity index (χ0) is 11.4. The van der Waals surface area contributed by atoms with Crippen molar-refractivity contribution < 1.29 is 0 Å². The third kappa shape index (κ3) is 4.04. The molecule has 0 spiro atoms. The molecule has 1 heterocycles. The second-order valence-electron chi connectivity index (χ2n) is 4.85. The van der Waals surface area contributed by atoms with E-state index in [1.54, 1.807) is 0 Å². The van der Waals surface area contributed by atoms with Crippen LogP contribution < -0.4 is 5.32 Å².